The van der Waals surface area contributed by atoms with Crippen LogP contribution in [0.25, 0.3) is 22.6 Å². The van der Waals surface area contributed by atoms with Crippen molar-refractivity contribution in [2.75, 3.05) is 44.4 Å². The molecule has 10 nitrogen and oxygen atoms in total. The molecule has 4 heterocycles. The van der Waals surface area contributed by atoms with Crippen molar-refractivity contribution in [3.8, 4) is 11.4 Å². The van der Waals surface area contributed by atoms with Gasteiger partial charge in [0.25, 0.3) is 5.56 Å². The summed E-state index contributed by atoms with van der Waals surface area (Å²) in [7, 11) is 1.74. The average molecular weight is 551 g/mol. The minimum Gasteiger partial charge on any atom is -0.384 e. The lowest BCUT2D eigenvalue weighted by molar-refractivity contribution is 0.217. The Labute approximate surface area is 233 Å². The Hall–Kier alpha value is -2.63. The first-order valence-electron chi connectivity index (χ1n) is 14.2. The molecule has 2 aliphatic carbocycles. The number of nitrogens with zero attached hydrogens (tertiary/aromatic N) is 7. The van der Waals surface area contributed by atoms with E-state index in [1.165, 1.54) is 0 Å². The summed E-state index contributed by atoms with van der Waals surface area (Å²) in [5.41, 5.74) is 3.92. The van der Waals surface area contributed by atoms with Crippen LogP contribution in [-0.2, 0) is 4.74 Å². The number of nitrogens with one attached hydrogen (secondary N) is 1. The maximum Gasteiger partial charge on any atom is 0.295 e. The molecule has 3 aliphatic rings. The van der Waals surface area contributed by atoms with E-state index >= 15 is 0 Å². The van der Waals surface area contributed by atoms with Crippen LogP contribution in [0.5, 0.6) is 0 Å². The number of ether oxygens (including phenoxy) is 1. The maximum absolute atomic E-state index is 13.9. The minimum atomic E-state index is -0.0949. The SMILES string of the molecule is COCCSN1CCC(CNc2nc3cnc(-c4c(C)ncnc4C4CC4)nc3n([C@@H](C)C3CC3)c2=O)CC1. The van der Waals surface area contributed by atoms with Crippen molar-refractivity contribution in [3.63, 3.8) is 0 Å². The number of methoxy groups -OCH3 is 1. The summed E-state index contributed by atoms with van der Waals surface area (Å²) in [6, 6.07) is 0.0506. The van der Waals surface area contributed by atoms with Crippen LogP contribution in [0, 0.1) is 18.8 Å². The van der Waals surface area contributed by atoms with E-state index in [1.807, 2.05) is 23.4 Å². The van der Waals surface area contributed by atoms with Gasteiger partial charge in [0.1, 0.15) is 11.8 Å². The maximum atomic E-state index is 13.9. The zero-order valence-electron chi connectivity index (χ0n) is 23.1. The lowest BCUT2D eigenvalue weighted by atomic mass is 9.98. The zero-order chi connectivity index (χ0) is 26.9. The van der Waals surface area contributed by atoms with Gasteiger partial charge in [0.2, 0.25) is 0 Å². The van der Waals surface area contributed by atoms with E-state index in [9.17, 15) is 4.79 Å². The smallest absolute Gasteiger partial charge is 0.295 e. The average Bonchev–Trinajstić information content (AvgIpc) is 3.86. The second-order valence-electron chi connectivity index (χ2n) is 11.2. The molecule has 3 fully saturated rings. The van der Waals surface area contributed by atoms with Crippen molar-refractivity contribution >= 4 is 28.9 Å². The van der Waals surface area contributed by atoms with Gasteiger partial charge >= 0.3 is 0 Å². The van der Waals surface area contributed by atoms with Crippen molar-refractivity contribution in [1.29, 1.82) is 0 Å². The molecule has 2 saturated carbocycles. The number of hydrogen-bond acceptors (Lipinski definition) is 10. The molecule has 6 rings (SSSR count). The fourth-order valence-electron chi connectivity index (χ4n) is 5.57. The summed E-state index contributed by atoms with van der Waals surface area (Å²) in [4.78, 5) is 37.3. The first kappa shape index (κ1) is 26.6. The van der Waals surface area contributed by atoms with Crippen molar-refractivity contribution in [2.24, 2.45) is 11.8 Å². The van der Waals surface area contributed by atoms with E-state index in [0.29, 0.717) is 40.6 Å². The van der Waals surface area contributed by atoms with E-state index in [1.54, 1.807) is 19.6 Å². The number of aromatic nitrogens is 6. The van der Waals surface area contributed by atoms with Crippen molar-refractivity contribution < 1.29 is 4.74 Å². The molecular weight excluding hydrogens is 512 g/mol. The van der Waals surface area contributed by atoms with Gasteiger partial charge in [-0.05, 0) is 64.2 Å². The molecule has 0 bridgehead atoms. The Bertz CT molecular complexity index is 1380. The summed E-state index contributed by atoms with van der Waals surface area (Å²) in [5, 5.41) is 3.42. The number of rotatable bonds is 11. The molecule has 3 aromatic heterocycles. The quantitative estimate of drug-likeness (QED) is 0.275. The first-order chi connectivity index (χ1) is 19.0. The van der Waals surface area contributed by atoms with Gasteiger partial charge in [-0.3, -0.25) is 13.7 Å². The van der Waals surface area contributed by atoms with Crippen LogP contribution in [0.2, 0.25) is 0 Å². The highest BCUT2D eigenvalue weighted by atomic mass is 32.2. The van der Waals surface area contributed by atoms with Crippen LogP contribution in [0.4, 0.5) is 5.82 Å². The van der Waals surface area contributed by atoms with Crippen LogP contribution in [0.1, 0.15) is 68.8 Å². The van der Waals surface area contributed by atoms with Gasteiger partial charge in [0.15, 0.2) is 17.3 Å². The highest BCUT2D eigenvalue weighted by Crippen LogP contribution is 2.43. The Morgan fingerprint density at radius 1 is 1.10 bits per heavy atom. The Kier molecular flexibility index (Phi) is 7.82. The molecule has 0 radical (unpaired) electrons. The summed E-state index contributed by atoms with van der Waals surface area (Å²) >= 11 is 1.86. The van der Waals surface area contributed by atoms with Gasteiger partial charge in [-0.25, -0.2) is 24.9 Å². The van der Waals surface area contributed by atoms with E-state index < -0.39 is 0 Å². The van der Waals surface area contributed by atoms with E-state index in [4.69, 9.17) is 19.7 Å². The molecule has 1 aliphatic heterocycles. The first-order valence-corrected chi connectivity index (χ1v) is 15.2. The molecule has 0 aromatic carbocycles. The lowest BCUT2D eigenvalue weighted by Crippen LogP contribution is -2.34. The van der Waals surface area contributed by atoms with Gasteiger partial charge < -0.3 is 10.1 Å². The Balaban J connectivity index is 1.27. The summed E-state index contributed by atoms with van der Waals surface area (Å²) in [5.74, 6) is 3.41. The van der Waals surface area contributed by atoms with E-state index in [-0.39, 0.29) is 11.6 Å². The van der Waals surface area contributed by atoms with Crippen LogP contribution in [0.3, 0.4) is 0 Å². The minimum absolute atomic E-state index is 0.0506. The highest BCUT2D eigenvalue weighted by Gasteiger charge is 2.33. The van der Waals surface area contributed by atoms with Crippen LogP contribution >= 0.6 is 11.9 Å². The van der Waals surface area contributed by atoms with Crippen LogP contribution in [0.15, 0.2) is 17.3 Å². The predicted molar refractivity (Wildman–Crippen MR) is 154 cm³/mol. The molecule has 1 atom stereocenters. The lowest BCUT2D eigenvalue weighted by Gasteiger charge is -2.31. The molecule has 39 heavy (non-hydrogen) atoms. The fourth-order valence-corrected chi connectivity index (χ4v) is 6.54. The normalized spacial score (nSPS) is 19.5. The van der Waals surface area contributed by atoms with Gasteiger partial charge in [-0.2, -0.15) is 0 Å². The molecule has 0 unspecified atom stereocenters. The van der Waals surface area contributed by atoms with Crippen molar-refractivity contribution in [1.82, 2.24) is 33.8 Å². The number of aryl methyl sites for hydroxylation is 1. The third-order valence-electron chi connectivity index (χ3n) is 8.29. The third-order valence-corrected chi connectivity index (χ3v) is 9.37. The van der Waals surface area contributed by atoms with Gasteiger partial charge in [0, 0.05) is 44.5 Å². The third kappa shape index (κ3) is 5.81. The van der Waals surface area contributed by atoms with Crippen molar-refractivity contribution in [3.05, 3.63) is 34.3 Å². The standard InChI is InChI=1S/C28H38N8O2S/c1-17-23(24(21-6-7-21)32-16-31-17)25-30-15-22-27(34-25)36(18(2)20-4-5-20)28(37)26(33-22)29-14-19-8-10-35(11-9-19)39-13-12-38-3/h15-16,18-21H,4-14H2,1-3H3,(H,29,33)/t18-/m0/s1. The molecule has 1 saturated heterocycles. The number of piperidine rings is 1. The molecule has 0 amide bonds. The molecule has 208 valence electrons. The second kappa shape index (κ2) is 11.5. The number of hydrogen-bond donors (Lipinski definition) is 1. The summed E-state index contributed by atoms with van der Waals surface area (Å²) in [6.07, 6.45) is 10.1. The summed E-state index contributed by atoms with van der Waals surface area (Å²) < 4.78 is 9.46. The Morgan fingerprint density at radius 2 is 1.90 bits per heavy atom. The predicted octanol–water partition coefficient (Wildman–Crippen LogP) is 4.22. The molecular formula is C28H38N8O2S. The fraction of sp³-hybridized carbons (Fsp3) is 0.643. The highest BCUT2D eigenvalue weighted by molar-refractivity contribution is 7.97. The second-order valence-corrected chi connectivity index (χ2v) is 12.4. The number of fused-ring (bicyclic) bond motifs is 1. The van der Waals surface area contributed by atoms with Crippen molar-refractivity contribution in [2.45, 2.75) is 64.3 Å². The molecule has 1 N–H and O–H groups in total. The zero-order valence-corrected chi connectivity index (χ0v) is 23.9. The van der Waals surface area contributed by atoms with Gasteiger partial charge in [-0.1, -0.05) is 11.9 Å². The number of anilines is 1. The van der Waals surface area contributed by atoms with Crippen LogP contribution < -0.4 is 10.9 Å². The van der Waals surface area contributed by atoms with Gasteiger partial charge in [0.05, 0.1) is 29.8 Å². The largest absolute Gasteiger partial charge is 0.384 e. The molecule has 11 heteroatoms. The molecule has 3 aromatic rings. The van der Waals surface area contributed by atoms with E-state index in [2.05, 4.69) is 26.5 Å². The topological polar surface area (TPSA) is 111 Å². The van der Waals surface area contributed by atoms with Crippen LogP contribution in [-0.4, -0.2) is 72.9 Å². The monoisotopic (exact) mass is 550 g/mol. The Morgan fingerprint density at radius 3 is 2.62 bits per heavy atom. The van der Waals surface area contributed by atoms with E-state index in [0.717, 1.165) is 87.5 Å². The molecule has 0 spiro atoms. The summed E-state index contributed by atoms with van der Waals surface area (Å²) in [6.45, 7) is 7.73. The van der Waals surface area contributed by atoms with Gasteiger partial charge in [-0.15, -0.1) is 0 Å².